The lowest BCUT2D eigenvalue weighted by molar-refractivity contribution is 0.0894. The number of halogens is 1. The summed E-state index contributed by atoms with van der Waals surface area (Å²) in [6.07, 6.45) is 0. The molecule has 1 aromatic carbocycles. The summed E-state index contributed by atoms with van der Waals surface area (Å²) in [6.45, 7) is 5.61. The van der Waals surface area contributed by atoms with Crippen LogP contribution in [0.5, 0.6) is 0 Å². The van der Waals surface area contributed by atoms with E-state index in [4.69, 9.17) is 0 Å². The van der Waals surface area contributed by atoms with Gasteiger partial charge in [0.2, 0.25) is 0 Å². The van der Waals surface area contributed by atoms with Crippen molar-refractivity contribution in [3.05, 3.63) is 74.9 Å². The largest absolute Gasteiger partial charge is 0.369 e. The van der Waals surface area contributed by atoms with E-state index in [-0.39, 0.29) is 23.8 Å². The molecule has 1 aliphatic rings. The number of carbonyl (C=O) groups excluding carboxylic acids is 1. The second-order valence-corrected chi connectivity index (χ2v) is 9.13. The summed E-state index contributed by atoms with van der Waals surface area (Å²) in [4.78, 5) is 19.3. The van der Waals surface area contributed by atoms with E-state index in [2.05, 4.69) is 39.6 Å². The Labute approximate surface area is 178 Å². The maximum absolute atomic E-state index is 13.2. The molecule has 152 valence electrons. The van der Waals surface area contributed by atoms with Gasteiger partial charge in [0.1, 0.15) is 5.82 Å². The van der Waals surface area contributed by atoms with Gasteiger partial charge in [0.15, 0.2) is 0 Å². The van der Waals surface area contributed by atoms with Gasteiger partial charge < -0.3 is 10.2 Å². The molecule has 3 aromatic rings. The second-order valence-electron chi connectivity index (χ2n) is 7.20. The minimum Gasteiger partial charge on any atom is -0.369 e. The number of rotatable bonds is 6. The Morgan fingerprint density at radius 1 is 1.00 bits per heavy atom. The fourth-order valence-corrected chi connectivity index (χ4v) is 5.47. The van der Waals surface area contributed by atoms with Crippen molar-refractivity contribution in [2.45, 2.75) is 19.0 Å². The van der Waals surface area contributed by atoms with Gasteiger partial charge >= 0.3 is 0 Å². The number of amides is 1. The lowest BCUT2D eigenvalue weighted by Crippen LogP contribution is -2.52. The Morgan fingerprint density at radius 2 is 1.69 bits per heavy atom. The van der Waals surface area contributed by atoms with Crippen molar-refractivity contribution in [2.24, 2.45) is 0 Å². The number of piperazine rings is 1. The summed E-state index contributed by atoms with van der Waals surface area (Å²) < 4.78 is 13.2. The zero-order valence-corrected chi connectivity index (χ0v) is 17.9. The van der Waals surface area contributed by atoms with Crippen LogP contribution < -0.4 is 10.2 Å². The van der Waals surface area contributed by atoms with Gasteiger partial charge in [-0.25, -0.2) is 4.39 Å². The van der Waals surface area contributed by atoms with Crippen LogP contribution in [0.25, 0.3) is 0 Å². The van der Waals surface area contributed by atoms with E-state index in [0.29, 0.717) is 0 Å². The molecule has 4 rings (SSSR count). The molecule has 29 heavy (non-hydrogen) atoms. The number of carbonyl (C=O) groups is 1. The third-order valence-electron chi connectivity index (χ3n) is 5.31. The molecular formula is C22H24FN3OS2. The molecular weight excluding hydrogens is 405 g/mol. The van der Waals surface area contributed by atoms with Crippen molar-refractivity contribution < 1.29 is 9.18 Å². The highest BCUT2D eigenvalue weighted by molar-refractivity contribution is 7.12. The van der Waals surface area contributed by atoms with Gasteiger partial charge in [-0.1, -0.05) is 12.1 Å². The van der Waals surface area contributed by atoms with Gasteiger partial charge in [0.25, 0.3) is 5.91 Å². The molecule has 3 heterocycles. The topological polar surface area (TPSA) is 35.6 Å². The predicted molar refractivity (Wildman–Crippen MR) is 118 cm³/mol. The van der Waals surface area contributed by atoms with E-state index in [0.717, 1.165) is 36.7 Å². The number of nitrogens with one attached hydrogen (secondary N) is 1. The van der Waals surface area contributed by atoms with Crippen molar-refractivity contribution in [3.8, 4) is 0 Å². The average molecular weight is 430 g/mol. The van der Waals surface area contributed by atoms with Gasteiger partial charge in [-0.15, -0.1) is 22.7 Å². The van der Waals surface area contributed by atoms with E-state index in [1.165, 1.54) is 28.3 Å². The fraction of sp³-hybridized carbons (Fsp3) is 0.318. The van der Waals surface area contributed by atoms with Crippen LogP contribution in [0, 0.1) is 5.82 Å². The lowest BCUT2D eigenvalue weighted by Gasteiger charge is -2.42. The Kier molecular flexibility index (Phi) is 6.28. The summed E-state index contributed by atoms with van der Waals surface area (Å²) in [6, 6.07) is 14.8. The van der Waals surface area contributed by atoms with Crippen LogP contribution in [-0.4, -0.2) is 43.0 Å². The van der Waals surface area contributed by atoms with E-state index in [1.54, 1.807) is 11.3 Å². The first-order valence-corrected chi connectivity index (χ1v) is 11.5. The molecule has 2 unspecified atom stereocenters. The van der Waals surface area contributed by atoms with Crippen LogP contribution >= 0.6 is 22.7 Å². The minimum atomic E-state index is -0.208. The number of nitrogens with zero attached hydrogens (tertiary/aromatic N) is 2. The first-order chi connectivity index (χ1) is 14.1. The van der Waals surface area contributed by atoms with Gasteiger partial charge in [0.05, 0.1) is 10.9 Å². The molecule has 0 radical (unpaired) electrons. The number of hydrogen-bond donors (Lipinski definition) is 1. The van der Waals surface area contributed by atoms with E-state index in [1.807, 2.05) is 29.6 Å². The van der Waals surface area contributed by atoms with E-state index in [9.17, 15) is 9.18 Å². The molecule has 0 bridgehead atoms. The monoisotopic (exact) mass is 429 g/mol. The zero-order chi connectivity index (χ0) is 20.2. The van der Waals surface area contributed by atoms with Crippen LogP contribution in [0.15, 0.2) is 59.3 Å². The number of benzene rings is 1. The standard InChI is InChI=1S/C22H24FN3OS2/c1-16(24-22(27)20-5-3-15-29-20)21(19-4-2-14-28-19)26-12-10-25(11-13-26)18-8-6-17(23)7-9-18/h2-9,14-16,21H,10-13H2,1H3,(H,24,27). The van der Waals surface area contributed by atoms with Crippen LogP contribution in [0.4, 0.5) is 10.1 Å². The molecule has 0 saturated carbocycles. The molecule has 2 aromatic heterocycles. The Hall–Kier alpha value is -2.22. The Balaban J connectivity index is 1.45. The van der Waals surface area contributed by atoms with E-state index < -0.39 is 0 Å². The van der Waals surface area contributed by atoms with Crippen molar-refractivity contribution in [1.29, 1.82) is 0 Å². The normalized spacial score (nSPS) is 17.1. The van der Waals surface area contributed by atoms with Crippen LogP contribution in [0.1, 0.15) is 27.5 Å². The highest BCUT2D eigenvalue weighted by atomic mass is 32.1. The molecule has 4 nitrogen and oxygen atoms in total. The summed E-state index contributed by atoms with van der Waals surface area (Å²) in [5.41, 5.74) is 1.05. The number of hydrogen-bond acceptors (Lipinski definition) is 5. The molecule has 2 atom stereocenters. The van der Waals surface area contributed by atoms with Gasteiger partial charge in [-0.2, -0.15) is 0 Å². The smallest absolute Gasteiger partial charge is 0.261 e. The third kappa shape index (κ3) is 4.69. The van der Waals surface area contributed by atoms with Crippen molar-refractivity contribution in [1.82, 2.24) is 10.2 Å². The Morgan fingerprint density at radius 3 is 2.31 bits per heavy atom. The van der Waals surface area contributed by atoms with Crippen molar-refractivity contribution >= 4 is 34.3 Å². The SMILES string of the molecule is CC(NC(=O)c1cccs1)C(c1cccs1)N1CCN(c2ccc(F)cc2)CC1. The zero-order valence-electron chi connectivity index (χ0n) is 16.3. The Bertz CT molecular complexity index is 904. The molecule has 1 saturated heterocycles. The molecule has 7 heteroatoms. The predicted octanol–water partition coefficient (Wildman–Crippen LogP) is 4.63. The third-order valence-corrected chi connectivity index (χ3v) is 7.12. The van der Waals surface area contributed by atoms with Crippen LogP contribution in [-0.2, 0) is 0 Å². The molecule has 0 spiro atoms. The maximum atomic E-state index is 13.2. The molecule has 1 fully saturated rings. The second kappa shape index (κ2) is 9.07. The molecule has 1 N–H and O–H groups in total. The van der Waals surface area contributed by atoms with E-state index >= 15 is 0 Å². The van der Waals surface area contributed by atoms with Gasteiger partial charge in [-0.3, -0.25) is 9.69 Å². The van der Waals surface area contributed by atoms with Crippen LogP contribution in [0.3, 0.4) is 0 Å². The number of thiophene rings is 2. The van der Waals surface area contributed by atoms with Crippen molar-refractivity contribution in [2.75, 3.05) is 31.1 Å². The fourth-order valence-electron chi connectivity index (χ4n) is 3.88. The lowest BCUT2D eigenvalue weighted by atomic mass is 10.0. The van der Waals surface area contributed by atoms with Gasteiger partial charge in [-0.05, 0) is 54.1 Å². The molecule has 1 aliphatic heterocycles. The summed E-state index contributed by atoms with van der Waals surface area (Å²) in [5.74, 6) is -0.223. The first-order valence-electron chi connectivity index (χ1n) is 9.74. The highest BCUT2D eigenvalue weighted by Crippen LogP contribution is 2.30. The van der Waals surface area contributed by atoms with Gasteiger partial charge in [0, 0.05) is 42.8 Å². The minimum absolute atomic E-state index is 0.0133. The summed E-state index contributed by atoms with van der Waals surface area (Å²) in [5, 5.41) is 7.21. The summed E-state index contributed by atoms with van der Waals surface area (Å²) in [7, 11) is 0. The maximum Gasteiger partial charge on any atom is 0.261 e. The number of anilines is 1. The quantitative estimate of drug-likeness (QED) is 0.621. The molecule has 0 aliphatic carbocycles. The van der Waals surface area contributed by atoms with Crippen LogP contribution in [0.2, 0.25) is 0 Å². The first kappa shape index (κ1) is 20.1. The molecule has 1 amide bonds. The van der Waals surface area contributed by atoms with Crippen molar-refractivity contribution in [3.63, 3.8) is 0 Å². The average Bonchev–Trinajstić information content (AvgIpc) is 3.44. The highest BCUT2D eigenvalue weighted by Gasteiger charge is 2.31. The summed E-state index contributed by atoms with van der Waals surface area (Å²) >= 11 is 3.19.